The number of rotatable bonds is 5. The Bertz CT molecular complexity index is 383. The van der Waals surface area contributed by atoms with Gasteiger partial charge >= 0.3 is 0 Å². The first kappa shape index (κ1) is 14.2. The van der Waals surface area contributed by atoms with Crippen molar-refractivity contribution in [2.24, 2.45) is 0 Å². The molecular weight excluding hydrogens is 242 g/mol. The Hall–Kier alpha value is -0.910. The lowest BCUT2D eigenvalue weighted by Crippen LogP contribution is -2.42. The smallest absolute Gasteiger partial charge is 0.158 e. The van der Waals surface area contributed by atoms with Crippen LogP contribution in [0.1, 0.15) is 26.6 Å². The fraction of sp³-hybridized carbons (Fsp3) is 0.636. The number of halogens is 1. The van der Waals surface area contributed by atoms with Gasteiger partial charge in [-0.2, -0.15) is 0 Å². The summed E-state index contributed by atoms with van der Waals surface area (Å²) < 4.78 is 4.95. The van der Waals surface area contributed by atoms with Crippen molar-refractivity contribution in [3.8, 4) is 0 Å². The molecule has 0 amide bonds. The van der Waals surface area contributed by atoms with Gasteiger partial charge in [0, 0.05) is 13.2 Å². The highest BCUT2D eigenvalue weighted by Gasteiger charge is 2.24. The number of hydrogen-bond donors (Lipinski definition) is 2. The highest BCUT2D eigenvalue weighted by atomic mass is 35.5. The molecule has 0 aliphatic heterocycles. The number of aliphatic hydroxyl groups is 1. The van der Waals surface area contributed by atoms with E-state index >= 15 is 0 Å². The molecule has 2 N–H and O–H groups in total. The summed E-state index contributed by atoms with van der Waals surface area (Å²) >= 11 is 5.88. The van der Waals surface area contributed by atoms with Gasteiger partial charge < -0.3 is 15.2 Å². The first-order valence-corrected chi connectivity index (χ1v) is 5.71. The molecule has 0 aliphatic carbocycles. The van der Waals surface area contributed by atoms with Crippen molar-refractivity contribution >= 4 is 17.4 Å². The average Bonchev–Trinajstić information content (AvgIpc) is 2.15. The lowest BCUT2D eigenvalue weighted by Gasteiger charge is -2.30. The zero-order chi connectivity index (χ0) is 13.1. The maximum absolute atomic E-state index is 9.62. The summed E-state index contributed by atoms with van der Waals surface area (Å²) in [5, 5.41) is 13.1. The minimum Gasteiger partial charge on any atom is -0.391 e. The molecule has 1 aromatic rings. The molecule has 0 saturated carbocycles. The molecule has 0 bridgehead atoms. The summed E-state index contributed by atoms with van der Waals surface area (Å²) in [7, 11) is 1.57. The molecule has 0 aliphatic rings. The fourth-order valence-electron chi connectivity index (χ4n) is 1.16. The number of anilines is 1. The minimum absolute atomic E-state index is 0.296. The minimum atomic E-state index is -0.526. The van der Waals surface area contributed by atoms with Crippen LogP contribution in [0.25, 0.3) is 0 Å². The Morgan fingerprint density at radius 3 is 2.71 bits per heavy atom. The Morgan fingerprint density at radius 1 is 1.53 bits per heavy atom. The third-order valence-corrected chi connectivity index (χ3v) is 2.70. The van der Waals surface area contributed by atoms with Gasteiger partial charge in [0.25, 0.3) is 0 Å². The van der Waals surface area contributed by atoms with Gasteiger partial charge in [0.05, 0.1) is 11.6 Å². The molecule has 17 heavy (non-hydrogen) atoms. The molecule has 0 saturated heterocycles. The Kier molecular flexibility index (Phi) is 4.68. The van der Waals surface area contributed by atoms with E-state index in [9.17, 15) is 5.11 Å². The second-order valence-corrected chi connectivity index (χ2v) is 4.84. The Morgan fingerprint density at radius 2 is 2.18 bits per heavy atom. The highest BCUT2D eigenvalue weighted by Crippen LogP contribution is 2.19. The van der Waals surface area contributed by atoms with Crippen molar-refractivity contribution in [3.63, 3.8) is 0 Å². The lowest BCUT2D eigenvalue weighted by molar-refractivity contribution is 0.133. The zero-order valence-electron chi connectivity index (χ0n) is 10.5. The molecule has 1 rings (SSSR count). The van der Waals surface area contributed by atoms with Crippen LogP contribution in [0.2, 0.25) is 5.15 Å². The monoisotopic (exact) mass is 259 g/mol. The zero-order valence-corrected chi connectivity index (χ0v) is 11.2. The number of aliphatic hydroxyl groups excluding tert-OH is 1. The molecular formula is C11H18ClN3O2. The second kappa shape index (κ2) is 5.62. The molecule has 96 valence electrons. The topological polar surface area (TPSA) is 67.3 Å². The van der Waals surface area contributed by atoms with Crippen LogP contribution in [0.3, 0.4) is 0 Å². The highest BCUT2D eigenvalue weighted by molar-refractivity contribution is 6.29. The van der Waals surface area contributed by atoms with E-state index < -0.39 is 11.6 Å². The SMILES string of the molecule is COCc1nc(Cl)cc(NC(C)(C)C(C)O)n1. The molecule has 0 aromatic carbocycles. The van der Waals surface area contributed by atoms with Crippen LogP contribution in [-0.4, -0.2) is 33.8 Å². The van der Waals surface area contributed by atoms with E-state index in [0.29, 0.717) is 23.4 Å². The van der Waals surface area contributed by atoms with Gasteiger partial charge in [-0.1, -0.05) is 11.6 Å². The number of nitrogens with zero attached hydrogens (tertiary/aromatic N) is 2. The third kappa shape index (κ3) is 4.11. The first-order valence-electron chi connectivity index (χ1n) is 5.34. The number of ether oxygens (including phenoxy) is 1. The molecule has 1 atom stereocenters. The van der Waals surface area contributed by atoms with Gasteiger partial charge in [-0.15, -0.1) is 0 Å². The number of nitrogens with one attached hydrogen (secondary N) is 1. The fourth-order valence-corrected chi connectivity index (χ4v) is 1.36. The van der Waals surface area contributed by atoms with E-state index in [-0.39, 0.29) is 0 Å². The molecule has 1 aromatic heterocycles. The number of hydrogen-bond acceptors (Lipinski definition) is 5. The van der Waals surface area contributed by atoms with Gasteiger partial charge in [0.1, 0.15) is 17.6 Å². The molecule has 1 unspecified atom stereocenters. The summed E-state index contributed by atoms with van der Waals surface area (Å²) in [4.78, 5) is 8.27. The molecule has 6 heteroatoms. The van der Waals surface area contributed by atoms with Gasteiger partial charge in [-0.05, 0) is 20.8 Å². The van der Waals surface area contributed by atoms with Crippen molar-refractivity contribution in [1.29, 1.82) is 0 Å². The van der Waals surface area contributed by atoms with Crippen LogP contribution >= 0.6 is 11.6 Å². The van der Waals surface area contributed by atoms with Crippen LogP contribution in [0, 0.1) is 0 Å². The van der Waals surface area contributed by atoms with Gasteiger partial charge in [0.15, 0.2) is 5.82 Å². The van der Waals surface area contributed by atoms with E-state index in [1.807, 2.05) is 13.8 Å². The standard InChI is InChI=1S/C11H18ClN3O2/c1-7(16)11(2,3)15-9-5-8(12)13-10(14-9)6-17-4/h5,7,16H,6H2,1-4H3,(H,13,14,15). The predicted octanol–water partition coefficient (Wildman–Crippen LogP) is 1.85. The maximum atomic E-state index is 9.62. The molecule has 0 fully saturated rings. The van der Waals surface area contributed by atoms with Crippen LogP contribution in [-0.2, 0) is 11.3 Å². The van der Waals surface area contributed by atoms with Crippen molar-refractivity contribution in [3.05, 3.63) is 17.0 Å². The molecule has 5 nitrogen and oxygen atoms in total. The van der Waals surface area contributed by atoms with Gasteiger partial charge in [-0.3, -0.25) is 0 Å². The van der Waals surface area contributed by atoms with Gasteiger partial charge in [0.2, 0.25) is 0 Å². The first-order chi connectivity index (χ1) is 7.85. The molecule has 1 heterocycles. The molecule has 0 radical (unpaired) electrons. The summed E-state index contributed by atoms with van der Waals surface area (Å²) in [5.41, 5.74) is -0.498. The van der Waals surface area contributed by atoms with Crippen molar-refractivity contribution < 1.29 is 9.84 Å². The molecule has 0 spiro atoms. The summed E-state index contributed by atoms with van der Waals surface area (Å²) in [6, 6.07) is 1.62. The summed E-state index contributed by atoms with van der Waals surface area (Å²) in [5.74, 6) is 1.08. The summed E-state index contributed by atoms with van der Waals surface area (Å²) in [6.45, 7) is 5.77. The average molecular weight is 260 g/mol. The van der Waals surface area contributed by atoms with E-state index in [1.165, 1.54) is 0 Å². The number of methoxy groups -OCH3 is 1. The van der Waals surface area contributed by atoms with Crippen LogP contribution in [0.4, 0.5) is 5.82 Å². The summed E-state index contributed by atoms with van der Waals surface area (Å²) in [6.07, 6.45) is -0.526. The van der Waals surface area contributed by atoms with E-state index in [1.54, 1.807) is 20.1 Å². The van der Waals surface area contributed by atoms with Crippen LogP contribution in [0.5, 0.6) is 0 Å². The van der Waals surface area contributed by atoms with Crippen LogP contribution < -0.4 is 5.32 Å². The maximum Gasteiger partial charge on any atom is 0.158 e. The third-order valence-electron chi connectivity index (χ3n) is 2.51. The van der Waals surface area contributed by atoms with E-state index in [4.69, 9.17) is 16.3 Å². The Labute approximate surface area is 106 Å². The largest absolute Gasteiger partial charge is 0.391 e. The van der Waals surface area contributed by atoms with Crippen LogP contribution in [0.15, 0.2) is 6.07 Å². The lowest BCUT2D eigenvalue weighted by atomic mass is 9.99. The van der Waals surface area contributed by atoms with Gasteiger partial charge in [-0.25, -0.2) is 9.97 Å². The number of aromatic nitrogens is 2. The quantitative estimate of drug-likeness (QED) is 0.790. The Balaban J connectivity index is 2.91. The predicted molar refractivity (Wildman–Crippen MR) is 67.1 cm³/mol. The van der Waals surface area contributed by atoms with Crippen molar-refractivity contribution in [2.75, 3.05) is 12.4 Å². The van der Waals surface area contributed by atoms with Crippen molar-refractivity contribution in [1.82, 2.24) is 9.97 Å². The van der Waals surface area contributed by atoms with E-state index in [0.717, 1.165) is 0 Å². The second-order valence-electron chi connectivity index (χ2n) is 4.45. The normalized spacial score (nSPS) is 13.5. The van der Waals surface area contributed by atoms with Crippen molar-refractivity contribution in [2.45, 2.75) is 39.0 Å². The van der Waals surface area contributed by atoms with E-state index in [2.05, 4.69) is 15.3 Å².